The molecule has 2 rings (SSSR count). The predicted octanol–water partition coefficient (Wildman–Crippen LogP) is 0.982. The Morgan fingerprint density at radius 2 is 2.10 bits per heavy atom. The molecule has 1 aromatic heterocycles. The lowest BCUT2D eigenvalue weighted by molar-refractivity contribution is 0.226. The number of nitrogens with two attached hydrogens (primary N) is 1. The Bertz CT molecular complexity index is 420. The van der Waals surface area contributed by atoms with E-state index in [-0.39, 0.29) is 0 Å². The molecular formula is C15H27N5O. The fourth-order valence-corrected chi connectivity index (χ4v) is 2.42. The van der Waals surface area contributed by atoms with E-state index in [9.17, 15) is 0 Å². The lowest BCUT2D eigenvalue weighted by atomic mass is 10.1. The molecule has 0 aromatic carbocycles. The van der Waals surface area contributed by atoms with Gasteiger partial charge in [-0.2, -0.15) is 4.98 Å². The molecule has 0 radical (unpaired) electrons. The first kappa shape index (κ1) is 16.0. The summed E-state index contributed by atoms with van der Waals surface area (Å²) in [6.45, 7) is 10.8. The maximum absolute atomic E-state index is 5.69. The second kappa shape index (κ2) is 8.14. The monoisotopic (exact) mass is 293 g/mol. The van der Waals surface area contributed by atoms with Crippen molar-refractivity contribution in [3.63, 3.8) is 0 Å². The van der Waals surface area contributed by atoms with Crippen LogP contribution in [-0.4, -0.2) is 60.7 Å². The molecule has 6 nitrogen and oxygen atoms in total. The Kier molecular flexibility index (Phi) is 6.20. The van der Waals surface area contributed by atoms with Crippen LogP contribution in [0.1, 0.15) is 20.3 Å². The Hall–Kier alpha value is -1.40. The fraction of sp³-hybridized carbons (Fsp3) is 0.733. The molecule has 1 saturated heterocycles. The minimum atomic E-state index is 0.554. The van der Waals surface area contributed by atoms with Gasteiger partial charge in [0.25, 0.3) is 0 Å². The summed E-state index contributed by atoms with van der Waals surface area (Å²) in [5, 5.41) is 0. The van der Waals surface area contributed by atoms with Crippen LogP contribution in [0.4, 0.5) is 5.95 Å². The van der Waals surface area contributed by atoms with Crippen molar-refractivity contribution >= 4 is 5.95 Å². The second-order valence-electron chi connectivity index (χ2n) is 5.67. The van der Waals surface area contributed by atoms with E-state index in [1.54, 1.807) is 6.20 Å². The molecule has 0 bridgehead atoms. The smallest absolute Gasteiger partial charge is 0.228 e. The number of hydrogen-bond donors (Lipinski definition) is 1. The highest BCUT2D eigenvalue weighted by Gasteiger charge is 2.20. The highest BCUT2D eigenvalue weighted by atomic mass is 16.5. The van der Waals surface area contributed by atoms with Crippen LogP contribution in [0.3, 0.4) is 0 Å². The number of piperazine rings is 1. The van der Waals surface area contributed by atoms with Gasteiger partial charge in [-0.1, -0.05) is 13.8 Å². The number of hydrogen-bond acceptors (Lipinski definition) is 6. The third-order valence-electron chi connectivity index (χ3n) is 3.70. The molecule has 6 heteroatoms. The molecule has 1 aliphatic heterocycles. The van der Waals surface area contributed by atoms with Crippen LogP contribution in [0.15, 0.2) is 12.3 Å². The first-order chi connectivity index (χ1) is 10.2. The largest absolute Gasteiger partial charge is 0.478 e. The van der Waals surface area contributed by atoms with Crippen LogP contribution in [-0.2, 0) is 0 Å². The highest BCUT2D eigenvalue weighted by molar-refractivity contribution is 5.32. The van der Waals surface area contributed by atoms with Gasteiger partial charge in [0.05, 0.1) is 6.61 Å². The van der Waals surface area contributed by atoms with Crippen LogP contribution in [0, 0.1) is 5.92 Å². The number of ether oxygens (including phenoxy) is 1. The van der Waals surface area contributed by atoms with Gasteiger partial charge in [0.15, 0.2) is 0 Å². The zero-order valence-corrected chi connectivity index (χ0v) is 13.2. The molecule has 1 aromatic rings. The van der Waals surface area contributed by atoms with Gasteiger partial charge < -0.3 is 15.4 Å². The van der Waals surface area contributed by atoms with Gasteiger partial charge in [0, 0.05) is 45.0 Å². The van der Waals surface area contributed by atoms with Crippen molar-refractivity contribution in [2.24, 2.45) is 11.7 Å². The van der Waals surface area contributed by atoms with Crippen molar-refractivity contribution in [1.29, 1.82) is 0 Å². The molecule has 21 heavy (non-hydrogen) atoms. The van der Waals surface area contributed by atoms with Gasteiger partial charge in [-0.15, -0.1) is 0 Å². The maximum atomic E-state index is 5.69. The normalized spacial score (nSPS) is 17.8. The van der Waals surface area contributed by atoms with Gasteiger partial charge in [-0.25, -0.2) is 4.98 Å². The van der Waals surface area contributed by atoms with Gasteiger partial charge in [-0.3, -0.25) is 4.90 Å². The SMILES string of the molecule is CCCOc1ccnc(N2CCN(CC(C)CN)CC2)n1. The van der Waals surface area contributed by atoms with Crippen molar-refractivity contribution in [3.8, 4) is 5.88 Å². The van der Waals surface area contributed by atoms with Gasteiger partial charge >= 0.3 is 0 Å². The van der Waals surface area contributed by atoms with Gasteiger partial charge in [-0.05, 0) is 18.9 Å². The Balaban J connectivity index is 1.87. The van der Waals surface area contributed by atoms with Gasteiger partial charge in [0.2, 0.25) is 11.8 Å². The fourth-order valence-electron chi connectivity index (χ4n) is 2.42. The maximum Gasteiger partial charge on any atom is 0.228 e. The third kappa shape index (κ3) is 4.82. The van der Waals surface area contributed by atoms with E-state index in [1.807, 2.05) is 6.07 Å². The predicted molar refractivity (Wildman–Crippen MR) is 84.7 cm³/mol. The summed E-state index contributed by atoms with van der Waals surface area (Å²) in [6.07, 6.45) is 2.76. The molecular weight excluding hydrogens is 266 g/mol. The summed E-state index contributed by atoms with van der Waals surface area (Å²) in [4.78, 5) is 13.5. The van der Waals surface area contributed by atoms with Crippen molar-refractivity contribution in [2.45, 2.75) is 20.3 Å². The second-order valence-corrected chi connectivity index (χ2v) is 5.67. The molecule has 1 aliphatic rings. The van der Waals surface area contributed by atoms with Crippen LogP contribution < -0.4 is 15.4 Å². The average molecular weight is 293 g/mol. The van der Waals surface area contributed by atoms with Gasteiger partial charge in [0.1, 0.15) is 0 Å². The molecule has 0 spiro atoms. The number of nitrogens with zero attached hydrogens (tertiary/aromatic N) is 4. The molecule has 2 N–H and O–H groups in total. The Morgan fingerprint density at radius 3 is 2.76 bits per heavy atom. The summed E-state index contributed by atoms with van der Waals surface area (Å²) in [6, 6.07) is 1.82. The minimum Gasteiger partial charge on any atom is -0.478 e. The molecule has 0 aliphatic carbocycles. The minimum absolute atomic E-state index is 0.554. The van der Waals surface area contributed by atoms with E-state index < -0.39 is 0 Å². The van der Waals surface area contributed by atoms with Crippen molar-refractivity contribution in [2.75, 3.05) is 50.8 Å². The average Bonchev–Trinajstić information content (AvgIpc) is 2.53. The van der Waals surface area contributed by atoms with Crippen LogP contribution in [0.5, 0.6) is 5.88 Å². The molecule has 2 heterocycles. The molecule has 118 valence electrons. The molecule has 0 saturated carbocycles. The lowest BCUT2D eigenvalue weighted by Crippen LogP contribution is -2.48. The van der Waals surface area contributed by atoms with Crippen molar-refractivity contribution in [1.82, 2.24) is 14.9 Å². The highest BCUT2D eigenvalue weighted by Crippen LogP contribution is 2.15. The molecule has 1 fully saturated rings. The standard InChI is InChI=1S/C15H27N5O/c1-3-10-21-14-4-5-17-15(18-14)20-8-6-19(7-9-20)12-13(2)11-16/h4-5,13H,3,6-12,16H2,1-2H3. The zero-order chi connectivity index (χ0) is 15.1. The summed E-state index contributed by atoms with van der Waals surface area (Å²) in [7, 11) is 0. The number of aromatic nitrogens is 2. The summed E-state index contributed by atoms with van der Waals surface area (Å²) < 4.78 is 5.57. The number of anilines is 1. The van der Waals surface area contributed by atoms with E-state index in [1.165, 1.54) is 0 Å². The van der Waals surface area contributed by atoms with E-state index in [0.29, 0.717) is 18.4 Å². The van der Waals surface area contributed by atoms with Crippen molar-refractivity contribution < 1.29 is 4.74 Å². The summed E-state index contributed by atoms with van der Waals surface area (Å²) in [5.74, 6) is 2.00. The first-order valence-corrected chi connectivity index (χ1v) is 7.86. The summed E-state index contributed by atoms with van der Waals surface area (Å²) in [5.41, 5.74) is 5.69. The Labute approximate surface area is 127 Å². The summed E-state index contributed by atoms with van der Waals surface area (Å²) >= 11 is 0. The first-order valence-electron chi connectivity index (χ1n) is 7.86. The van der Waals surface area contributed by atoms with E-state index in [0.717, 1.165) is 51.6 Å². The molecule has 1 unspecified atom stereocenters. The van der Waals surface area contributed by atoms with Crippen molar-refractivity contribution in [3.05, 3.63) is 12.3 Å². The zero-order valence-electron chi connectivity index (χ0n) is 13.2. The quantitative estimate of drug-likeness (QED) is 0.808. The van der Waals surface area contributed by atoms with Crippen LogP contribution in [0.25, 0.3) is 0 Å². The van der Waals surface area contributed by atoms with E-state index in [4.69, 9.17) is 10.5 Å². The van der Waals surface area contributed by atoms with Crippen LogP contribution >= 0.6 is 0 Å². The Morgan fingerprint density at radius 1 is 1.33 bits per heavy atom. The topological polar surface area (TPSA) is 67.5 Å². The third-order valence-corrected chi connectivity index (χ3v) is 3.70. The number of rotatable bonds is 7. The molecule has 1 atom stereocenters. The van der Waals surface area contributed by atoms with E-state index in [2.05, 4.69) is 33.6 Å². The van der Waals surface area contributed by atoms with E-state index >= 15 is 0 Å². The molecule has 0 amide bonds. The van der Waals surface area contributed by atoms with Crippen LogP contribution in [0.2, 0.25) is 0 Å². The lowest BCUT2D eigenvalue weighted by Gasteiger charge is -2.35.